The van der Waals surface area contributed by atoms with Crippen LogP contribution in [0.2, 0.25) is 0 Å². The molecule has 2 heterocycles. The number of hydrogen-bond acceptors (Lipinski definition) is 4. The number of anilines is 1. The van der Waals surface area contributed by atoms with Crippen molar-refractivity contribution in [3.8, 4) is 0 Å². The van der Waals surface area contributed by atoms with Crippen molar-refractivity contribution in [1.29, 1.82) is 0 Å². The molecule has 2 aliphatic rings. The second-order valence-electron chi connectivity index (χ2n) is 4.86. The summed E-state index contributed by atoms with van der Waals surface area (Å²) in [6.07, 6.45) is 7.15. The first-order valence-electron chi connectivity index (χ1n) is 6.49. The number of nitrogens with zero attached hydrogens (tertiary/aromatic N) is 2. The van der Waals surface area contributed by atoms with Gasteiger partial charge in [0.2, 0.25) is 0 Å². The summed E-state index contributed by atoms with van der Waals surface area (Å²) in [6, 6.07) is 0.595. The first kappa shape index (κ1) is 16.8. The molecule has 0 radical (unpaired) electrons. The van der Waals surface area contributed by atoms with Crippen molar-refractivity contribution in [1.82, 2.24) is 9.88 Å². The van der Waals surface area contributed by atoms with E-state index in [1.807, 2.05) is 0 Å². The van der Waals surface area contributed by atoms with Crippen LogP contribution >= 0.6 is 36.2 Å². The SMILES string of the molecule is CCCN1CCC=C2c3nc(N)sc3CCC21.Cl.Cl. The number of thiazole rings is 1. The molecule has 1 aromatic rings. The van der Waals surface area contributed by atoms with Gasteiger partial charge in [-0.15, -0.1) is 36.2 Å². The average molecular weight is 322 g/mol. The molecular formula is C13H21Cl2N3S. The van der Waals surface area contributed by atoms with Gasteiger partial charge in [-0.05, 0) is 37.8 Å². The van der Waals surface area contributed by atoms with E-state index in [4.69, 9.17) is 5.73 Å². The Labute approximate surface area is 131 Å². The maximum absolute atomic E-state index is 5.84. The van der Waals surface area contributed by atoms with Crippen LogP contribution in [0.1, 0.15) is 36.8 Å². The third-order valence-corrected chi connectivity index (χ3v) is 4.67. The highest BCUT2D eigenvalue weighted by molar-refractivity contribution is 7.15. The minimum absolute atomic E-state index is 0. The first-order chi connectivity index (χ1) is 8.29. The van der Waals surface area contributed by atoms with Crippen molar-refractivity contribution < 1.29 is 0 Å². The lowest BCUT2D eigenvalue weighted by atomic mass is 9.87. The summed E-state index contributed by atoms with van der Waals surface area (Å²) in [7, 11) is 0. The number of halogens is 2. The zero-order valence-corrected chi connectivity index (χ0v) is 13.5. The molecule has 1 aliphatic carbocycles. The molecule has 1 aliphatic heterocycles. The molecular weight excluding hydrogens is 301 g/mol. The van der Waals surface area contributed by atoms with Crippen LogP contribution in [0.25, 0.3) is 5.57 Å². The third-order valence-electron chi connectivity index (χ3n) is 3.72. The molecule has 0 saturated carbocycles. The maximum atomic E-state index is 5.84. The molecule has 19 heavy (non-hydrogen) atoms. The predicted molar refractivity (Wildman–Crippen MR) is 87.6 cm³/mol. The Balaban J connectivity index is 0.000000902. The smallest absolute Gasteiger partial charge is 0.180 e. The van der Waals surface area contributed by atoms with Gasteiger partial charge in [-0.2, -0.15) is 0 Å². The molecule has 0 saturated heterocycles. The van der Waals surface area contributed by atoms with Gasteiger partial charge >= 0.3 is 0 Å². The minimum atomic E-state index is 0. The Morgan fingerprint density at radius 2 is 2.26 bits per heavy atom. The maximum Gasteiger partial charge on any atom is 0.180 e. The van der Waals surface area contributed by atoms with E-state index in [1.54, 1.807) is 11.3 Å². The van der Waals surface area contributed by atoms with Crippen molar-refractivity contribution >= 4 is 46.9 Å². The summed E-state index contributed by atoms with van der Waals surface area (Å²) in [4.78, 5) is 8.54. The van der Waals surface area contributed by atoms with Crippen LogP contribution in [-0.2, 0) is 6.42 Å². The quantitative estimate of drug-likeness (QED) is 0.907. The lowest BCUT2D eigenvalue weighted by molar-refractivity contribution is 0.219. The van der Waals surface area contributed by atoms with E-state index in [1.165, 1.54) is 42.1 Å². The summed E-state index contributed by atoms with van der Waals surface area (Å²) < 4.78 is 0. The van der Waals surface area contributed by atoms with Gasteiger partial charge < -0.3 is 5.73 Å². The van der Waals surface area contributed by atoms with E-state index in [-0.39, 0.29) is 24.8 Å². The van der Waals surface area contributed by atoms with E-state index in [0.717, 1.165) is 18.0 Å². The summed E-state index contributed by atoms with van der Waals surface area (Å²) in [5.74, 6) is 0. The van der Waals surface area contributed by atoms with Gasteiger partial charge in [-0.1, -0.05) is 13.0 Å². The molecule has 0 fully saturated rings. The Morgan fingerprint density at radius 1 is 1.47 bits per heavy atom. The predicted octanol–water partition coefficient (Wildman–Crippen LogP) is 3.38. The molecule has 0 amide bonds. The molecule has 3 rings (SSSR count). The van der Waals surface area contributed by atoms with Crippen molar-refractivity contribution in [3.63, 3.8) is 0 Å². The van der Waals surface area contributed by atoms with Gasteiger partial charge in [0.1, 0.15) is 0 Å². The highest BCUT2D eigenvalue weighted by Gasteiger charge is 2.32. The van der Waals surface area contributed by atoms with Crippen LogP contribution in [0, 0.1) is 0 Å². The Kier molecular flexibility index (Phi) is 6.12. The zero-order chi connectivity index (χ0) is 11.8. The molecule has 3 nitrogen and oxygen atoms in total. The van der Waals surface area contributed by atoms with Crippen molar-refractivity contribution in [2.75, 3.05) is 18.8 Å². The third kappa shape index (κ3) is 3.07. The van der Waals surface area contributed by atoms with Crippen molar-refractivity contribution in [3.05, 3.63) is 16.6 Å². The van der Waals surface area contributed by atoms with Crippen LogP contribution in [0.4, 0.5) is 5.13 Å². The highest BCUT2D eigenvalue weighted by atomic mass is 35.5. The van der Waals surface area contributed by atoms with Gasteiger partial charge in [-0.25, -0.2) is 4.98 Å². The minimum Gasteiger partial charge on any atom is -0.375 e. The molecule has 1 aromatic heterocycles. The van der Waals surface area contributed by atoms with Gasteiger partial charge in [0, 0.05) is 17.5 Å². The summed E-state index contributed by atoms with van der Waals surface area (Å²) in [5, 5.41) is 0.726. The number of nitrogen functional groups attached to an aromatic ring is 1. The molecule has 2 N–H and O–H groups in total. The van der Waals surface area contributed by atoms with Crippen LogP contribution in [0.15, 0.2) is 6.08 Å². The molecule has 1 atom stereocenters. The Morgan fingerprint density at radius 3 is 3.00 bits per heavy atom. The van der Waals surface area contributed by atoms with Crippen LogP contribution in [-0.4, -0.2) is 29.0 Å². The van der Waals surface area contributed by atoms with Gasteiger partial charge in [-0.3, -0.25) is 4.90 Å². The normalized spacial score (nSPS) is 21.5. The largest absolute Gasteiger partial charge is 0.375 e. The van der Waals surface area contributed by atoms with Gasteiger partial charge in [0.25, 0.3) is 0 Å². The Hall–Kier alpha value is -0.290. The number of hydrogen-bond donors (Lipinski definition) is 1. The molecule has 108 valence electrons. The number of fused-ring (bicyclic) bond motifs is 3. The lowest BCUT2D eigenvalue weighted by Gasteiger charge is -2.38. The molecule has 0 spiro atoms. The standard InChI is InChI=1S/C13H19N3S.2ClH/c1-2-7-16-8-3-4-9-10(16)5-6-11-12(9)15-13(14)17-11;;/h4,10H,2-3,5-8H2,1H3,(H2,14,15);2*1H. The van der Waals surface area contributed by atoms with Crippen LogP contribution in [0.5, 0.6) is 0 Å². The van der Waals surface area contributed by atoms with E-state index in [2.05, 4.69) is 22.9 Å². The zero-order valence-electron chi connectivity index (χ0n) is 11.1. The average Bonchev–Trinajstić information content (AvgIpc) is 2.70. The van der Waals surface area contributed by atoms with Gasteiger partial charge in [0.15, 0.2) is 5.13 Å². The van der Waals surface area contributed by atoms with Gasteiger partial charge in [0.05, 0.1) is 5.69 Å². The topological polar surface area (TPSA) is 42.2 Å². The number of aromatic nitrogens is 1. The fourth-order valence-corrected chi connectivity index (χ4v) is 3.92. The van der Waals surface area contributed by atoms with Crippen molar-refractivity contribution in [2.45, 2.75) is 38.6 Å². The molecule has 0 bridgehead atoms. The van der Waals surface area contributed by atoms with E-state index in [0.29, 0.717) is 6.04 Å². The monoisotopic (exact) mass is 321 g/mol. The Bertz CT molecular complexity index is 459. The molecule has 1 unspecified atom stereocenters. The number of rotatable bonds is 2. The highest BCUT2D eigenvalue weighted by Crippen LogP contribution is 2.39. The van der Waals surface area contributed by atoms with Crippen molar-refractivity contribution in [2.24, 2.45) is 0 Å². The first-order valence-corrected chi connectivity index (χ1v) is 7.31. The number of nitrogens with two attached hydrogens (primary N) is 1. The second kappa shape index (κ2) is 6.93. The van der Waals surface area contributed by atoms with E-state index >= 15 is 0 Å². The summed E-state index contributed by atoms with van der Waals surface area (Å²) in [5.41, 5.74) is 8.48. The summed E-state index contributed by atoms with van der Waals surface area (Å²) >= 11 is 1.67. The van der Waals surface area contributed by atoms with Crippen LogP contribution < -0.4 is 5.73 Å². The molecule has 0 aromatic carbocycles. The van der Waals surface area contributed by atoms with E-state index < -0.39 is 0 Å². The second-order valence-corrected chi connectivity index (χ2v) is 5.98. The van der Waals surface area contributed by atoms with Crippen LogP contribution in [0.3, 0.4) is 0 Å². The summed E-state index contributed by atoms with van der Waals surface area (Å²) in [6.45, 7) is 4.67. The molecule has 6 heteroatoms. The fraction of sp³-hybridized carbons (Fsp3) is 0.615. The van der Waals surface area contributed by atoms with E-state index in [9.17, 15) is 0 Å². The lowest BCUT2D eigenvalue weighted by Crippen LogP contribution is -2.41. The number of aryl methyl sites for hydroxylation is 1. The fourth-order valence-electron chi connectivity index (χ4n) is 3.05.